The molecule has 0 fully saturated rings. The van der Waals surface area contributed by atoms with Crippen molar-refractivity contribution in [2.75, 3.05) is 17.2 Å². The van der Waals surface area contributed by atoms with Gasteiger partial charge in [0.1, 0.15) is 5.75 Å². The summed E-state index contributed by atoms with van der Waals surface area (Å²) >= 11 is 5.85. The van der Waals surface area contributed by atoms with Gasteiger partial charge in [-0.25, -0.2) is 9.37 Å². The van der Waals surface area contributed by atoms with Crippen molar-refractivity contribution in [3.05, 3.63) is 59.1 Å². The van der Waals surface area contributed by atoms with Crippen LogP contribution in [-0.4, -0.2) is 39.1 Å². The van der Waals surface area contributed by atoms with Crippen molar-refractivity contribution in [2.45, 2.75) is 26.1 Å². The van der Waals surface area contributed by atoms with Crippen molar-refractivity contribution in [2.24, 2.45) is 0 Å². The fourth-order valence-corrected chi connectivity index (χ4v) is 3.58. The number of aromatic nitrogens is 4. The summed E-state index contributed by atoms with van der Waals surface area (Å²) in [5.74, 6) is -1.91. The van der Waals surface area contributed by atoms with E-state index in [0.29, 0.717) is 24.4 Å². The molecule has 0 radical (unpaired) electrons. The normalized spacial score (nSPS) is 11.4. The Morgan fingerprint density at radius 1 is 1.14 bits per heavy atom. The molecule has 37 heavy (non-hydrogen) atoms. The lowest BCUT2D eigenvalue weighted by Crippen LogP contribution is -2.17. The quantitative estimate of drug-likeness (QED) is 0.175. The molecule has 14 heteroatoms. The van der Waals surface area contributed by atoms with Gasteiger partial charge in [0.2, 0.25) is 5.95 Å². The molecule has 2 aromatic carbocycles. The van der Waals surface area contributed by atoms with Crippen LogP contribution in [-0.2, 0) is 16.0 Å². The molecule has 0 saturated carbocycles. The number of ether oxygens (including phenoxy) is 2. The molecule has 4 rings (SSSR count). The first kappa shape index (κ1) is 25.9. The summed E-state index contributed by atoms with van der Waals surface area (Å²) in [6, 6.07) is 8.64. The maximum atomic E-state index is 14.3. The van der Waals surface area contributed by atoms with Crippen LogP contribution in [0.3, 0.4) is 0 Å². The van der Waals surface area contributed by atoms with Gasteiger partial charge in [-0.3, -0.25) is 9.89 Å². The number of fused-ring (bicyclic) bond motifs is 1. The summed E-state index contributed by atoms with van der Waals surface area (Å²) in [5.41, 5.74) is 2.17. The van der Waals surface area contributed by atoms with E-state index in [1.165, 1.54) is 6.07 Å². The summed E-state index contributed by atoms with van der Waals surface area (Å²) in [7, 11) is 0. The predicted molar refractivity (Wildman–Crippen MR) is 128 cm³/mol. The van der Waals surface area contributed by atoms with Crippen LogP contribution in [0.4, 0.5) is 40.7 Å². The molecular weight excluding hydrogens is 520 g/mol. The van der Waals surface area contributed by atoms with Crippen LogP contribution in [0, 0.1) is 5.82 Å². The van der Waals surface area contributed by atoms with Crippen molar-refractivity contribution < 1.29 is 31.8 Å². The second-order valence-electron chi connectivity index (χ2n) is 7.57. The molecule has 4 aromatic rings. The van der Waals surface area contributed by atoms with E-state index in [2.05, 4.69) is 35.5 Å². The number of aryl methyl sites for hydroxylation is 1. The highest BCUT2D eigenvalue weighted by molar-refractivity contribution is 6.32. The van der Waals surface area contributed by atoms with Crippen LogP contribution in [0.1, 0.15) is 19.0 Å². The highest BCUT2D eigenvalue weighted by Crippen LogP contribution is 2.33. The lowest BCUT2D eigenvalue weighted by atomic mass is 10.1. The lowest BCUT2D eigenvalue weighted by molar-refractivity contribution is -0.274. The number of carbonyl (C=O) groups excluding carboxylic acids is 1. The number of anilines is 4. The minimum atomic E-state index is -4.90. The topological polar surface area (TPSA) is 114 Å². The molecule has 0 amide bonds. The molecule has 0 saturated heterocycles. The maximum absolute atomic E-state index is 14.3. The first-order valence-corrected chi connectivity index (χ1v) is 11.2. The molecule has 0 bridgehead atoms. The fourth-order valence-electron chi connectivity index (χ4n) is 3.36. The van der Waals surface area contributed by atoms with Gasteiger partial charge < -0.3 is 20.1 Å². The van der Waals surface area contributed by atoms with Crippen LogP contribution in [0.2, 0.25) is 5.02 Å². The lowest BCUT2D eigenvalue weighted by Gasteiger charge is -2.13. The molecule has 9 nitrogen and oxygen atoms in total. The van der Waals surface area contributed by atoms with Crippen molar-refractivity contribution in [1.29, 1.82) is 0 Å². The van der Waals surface area contributed by atoms with Crippen molar-refractivity contribution in [3.8, 4) is 5.75 Å². The first-order chi connectivity index (χ1) is 17.6. The van der Waals surface area contributed by atoms with E-state index in [0.717, 1.165) is 29.2 Å². The van der Waals surface area contributed by atoms with E-state index in [4.69, 9.17) is 16.3 Å². The Kier molecular flexibility index (Phi) is 7.62. The summed E-state index contributed by atoms with van der Waals surface area (Å²) in [4.78, 5) is 19.7. The summed E-state index contributed by atoms with van der Waals surface area (Å²) in [6.07, 6.45) is -3.42. The summed E-state index contributed by atoms with van der Waals surface area (Å²) in [6.45, 7) is 2.03. The fraction of sp³-hybridized carbons (Fsp3) is 0.217. The maximum Gasteiger partial charge on any atom is 0.573 e. The Balaban J connectivity index is 1.50. The van der Waals surface area contributed by atoms with Crippen molar-refractivity contribution >= 4 is 51.6 Å². The molecule has 0 atom stereocenters. The van der Waals surface area contributed by atoms with Gasteiger partial charge in [0.05, 0.1) is 35.5 Å². The molecule has 0 unspecified atom stereocenters. The average Bonchev–Trinajstić information content (AvgIpc) is 3.23. The number of nitrogens with one attached hydrogen (secondary N) is 3. The zero-order valence-electron chi connectivity index (χ0n) is 19.1. The van der Waals surface area contributed by atoms with E-state index >= 15 is 0 Å². The van der Waals surface area contributed by atoms with E-state index in [1.807, 2.05) is 0 Å². The smallest absolute Gasteiger partial charge is 0.466 e. The van der Waals surface area contributed by atoms with Gasteiger partial charge in [0.15, 0.2) is 11.6 Å². The van der Waals surface area contributed by atoms with Gasteiger partial charge in [0.25, 0.3) is 0 Å². The molecule has 0 aliphatic heterocycles. The Labute approximate surface area is 212 Å². The van der Waals surface area contributed by atoms with Gasteiger partial charge >= 0.3 is 12.3 Å². The van der Waals surface area contributed by atoms with Gasteiger partial charge in [-0.1, -0.05) is 11.6 Å². The number of carbonyl (C=O) groups is 1. The number of aromatic amines is 1. The highest BCUT2D eigenvalue weighted by atomic mass is 35.5. The molecule has 2 heterocycles. The van der Waals surface area contributed by atoms with Crippen molar-refractivity contribution in [3.63, 3.8) is 0 Å². The number of esters is 1. The van der Waals surface area contributed by atoms with E-state index in [1.54, 1.807) is 25.1 Å². The predicted octanol–water partition coefficient (Wildman–Crippen LogP) is 6.03. The molecule has 0 spiro atoms. The third kappa shape index (κ3) is 6.76. The molecule has 0 aliphatic rings. The van der Waals surface area contributed by atoms with Crippen LogP contribution < -0.4 is 15.4 Å². The Morgan fingerprint density at radius 3 is 2.62 bits per heavy atom. The zero-order chi connectivity index (χ0) is 26.6. The van der Waals surface area contributed by atoms with Gasteiger partial charge in [-0.2, -0.15) is 10.1 Å². The average molecular weight is 539 g/mol. The standard InChI is InChI=1S/C23H19ClF4N6O3/c1-2-36-20(35)8-6-18-14-9-12(3-5-17(14)33-34-18)31-22-29-11-16(25)21(32-22)30-13-4-7-19(15(24)10-13)37-23(26,27)28/h3-5,7,9-11H,2,6,8H2,1H3,(H,33,34)(H2,29,30,31,32). The third-order valence-electron chi connectivity index (χ3n) is 4.93. The monoisotopic (exact) mass is 538 g/mol. The minimum absolute atomic E-state index is 0.0444. The van der Waals surface area contributed by atoms with E-state index < -0.39 is 17.9 Å². The van der Waals surface area contributed by atoms with Crippen LogP contribution in [0.15, 0.2) is 42.6 Å². The number of benzene rings is 2. The Morgan fingerprint density at radius 2 is 1.89 bits per heavy atom. The number of nitrogens with zero attached hydrogens (tertiary/aromatic N) is 3. The van der Waals surface area contributed by atoms with Gasteiger partial charge in [-0.15, -0.1) is 13.2 Å². The molecule has 2 aromatic heterocycles. The number of hydrogen-bond donors (Lipinski definition) is 3. The van der Waals surface area contributed by atoms with Gasteiger partial charge in [-0.05, 0) is 43.3 Å². The first-order valence-electron chi connectivity index (χ1n) is 10.9. The number of hydrogen-bond acceptors (Lipinski definition) is 8. The van der Waals surface area contributed by atoms with E-state index in [-0.39, 0.29) is 34.9 Å². The Bertz CT molecular complexity index is 1430. The van der Waals surface area contributed by atoms with Crippen molar-refractivity contribution in [1.82, 2.24) is 20.2 Å². The largest absolute Gasteiger partial charge is 0.573 e. The van der Waals surface area contributed by atoms with Crippen LogP contribution >= 0.6 is 11.6 Å². The van der Waals surface area contributed by atoms with E-state index in [9.17, 15) is 22.4 Å². The summed E-state index contributed by atoms with van der Waals surface area (Å²) in [5, 5.41) is 13.2. The summed E-state index contributed by atoms with van der Waals surface area (Å²) < 4.78 is 60.4. The number of alkyl halides is 3. The van der Waals surface area contributed by atoms with Crippen LogP contribution in [0.5, 0.6) is 5.75 Å². The number of halogens is 5. The second kappa shape index (κ2) is 10.9. The SMILES string of the molecule is CCOC(=O)CCc1n[nH]c2ccc(Nc3ncc(F)c(Nc4ccc(OC(F)(F)F)c(Cl)c4)n3)cc12. The molecule has 194 valence electrons. The Hall–Kier alpha value is -4.13. The second-order valence-corrected chi connectivity index (χ2v) is 7.98. The number of rotatable bonds is 9. The molecular formula is C23H19ClF4N6O3. The van der Waals surface area contributed by atoms with Crippen LogP contribution in [0.25, 0.3) is 10.9 Å². The number of H-pyrrole nitrogens is 1. The molecule has 3 N–H and O–H groups in total. The molecule has 0 aliphatic carbocycles. The minimum Gasteiger partial charge on any atom is -0.466 e. The van der Waals surface area contributed by atoms with Gasteiger partial charge in [0, 0.05) is 23.2 Å². The highest BCUT2D eigenvalue weighted by Gasteiger charge is 2.32. The zero-order valence-corrected chi connectivity index (χ0v) is 19.9. The third-order valence-corrected chi connectivity index (χ3v) is 5.23.